The van der Waals surface area contributed by atoms with Crippen molar-refractivity contribution < 1.29 is 30.8 Å². The number of amides is 1. The minimum absolute atomic E-state index is 0.0565. The lowest BCUT2D eigenvalue weighted by atomic mass is 10.0. The summed E-state index contributed by atoms with van der Waals surface area (Å²) in [5, 5.41) is 1.11. The number of sulfone groups is 2. The zero-order valence-electron chi connectivity index (χ0n) is 21.6. The third-order valence-electron chi connectivity index (χ3n) is 6.11. The highest BCUT2D eigenvalue weighted by Crippen LogP contribution is 2.35. The van der Waals surface area contributed by atoms with E-state index in [1.807, 2.05) is 0 Å². The maximum Gasteiger partial charge on any atom is 0.414 e. The molecule has 0 N–H and O–H groups in total. The van der Waals surface area contributed by atoms with E-state index in [-0.39, 0.29) is 15.5 Å². The van der Waals surface area contributed by atoms with Crippen LogP contribution in [0.3, 0.4) is 0 Å². The molecule has 0 saturated heterocycles. The smallest absolute Gasteiger partial charge is 0.414 e. The number of ether oxygens (including phenoxy) is 1. The summed E-state index contributed by atoms with van der Waals surface area (Å²) in [5.74, 6) is -0.689. The summed E-state index contributed by atoms with van der Waals surface area (Å²) in [6.45, 7) is 3.98. The Morgan fingerprint density at radius 2 is 1.26 bits per heavy atom. The second kappa shape index (κ2) is 10.8. The minimum Gasteiger partial charge on any atom is -0.447 e. The molecule has 4 aromatic carbocycles. The molecule has 0 spiro atoms. The Morgan fingerprint density at radius 1 is 0.769 bits per heavy atom. The molecule has 39 heavy (non-hydrogen) atoms. The average molecular weight is 570 g/mol. The lowest BCUT2D eigenvalue weighted by Gasteiger charge is -2.36. The molecular weight excluding hydrogens is 541 g/mol. The summed E-state index contributed by atoms with van der Waals surface area (Å²) in [5.41, 5.74) is -1.08. The van der Waals surface area contributed by atoms with Crippen LogP contribution >= 0.6 is 0 Å². The van der Waals surface area contributed by atoms with Gasteiger partial charge in [-0.3, -0.25) is 4.90 Å². The molecular formula is C29H28FNO6S2. The zero-order chi connectivity index (χ0) is 28.4. The van der Waals surface area contributed by atoms with Gasteiger partial charge in [0.05, 0.1) is 15.5 Å². The van der Waals surface area contributed by atoms with Crippen molar-refractivity contribution in [2.45, 2.75) is 40.7 Å². The molecule has 0 aliphatic rings. The van der Waals surface area contributed by atoms with Gasteiger partial charge < -0.3 is 4.74 Å². The summed E-state index contributed by atoms with van der Waals surface area (Å²) < 4.78 is 72.9. The van der Waals surface area contributed by atoms with E-state index in [0.29, 0.717) is 10.8 Å². The summed E-state index contributed by atoms with van der Waals surface area (Å²) in [6, 6.07) is 23.9. The van der Waals surface area contributed by atoms with Gasteiger partial charge in [-0.05, 0) is 56.5 Å². The van der Waals surface area contributed by atoms with E-state index in [1.54, 1.807) is 63.2 Å². The first-order valence-electron chi connectivity index (χ1n) is 12.1. The van der Waals surface area contributed by atoms with Crippen LogP contribution in [0, 0.1) is 5.82 Å². The Bertz CT molecular complexity index is 1630. The van der Waals surface area contributed by atoms with E-state index in [0.717, 1.165) is 4.90 Å². The van der Waals surface area contributed by atoms with E-state index < -0.39 is 48.3 Å². The Hall–Kier alpha value is -3.76. The fourth-order valence-electron chi connectivity index (χ4n) is 4.23. The third kappa shape index (κ3) is 5.67. The Kier molecular flexibility index (Phi) is 7.81. The van der Waals surface area contributed by atoms with Gasteiger partial charge in [-0.2, -0.15) is 0 Å². The molecule has 204 valence electrons. The molecule has 10 heteroatoms. The lowest BCUT2D eigenvalue weighted by molar-refractivity contribution is 0.152. The normalized spacial score (nSPS) is 12.4. The summed E-state index contributed by atoms with van der Waals surface area (Å²) in [4.78, 5) is 14.2. The van der Waals surface area contributed by atoms with Gasteiger partial charge in [0.1, 0.15) is 12.4 Å². The summed E-state index contributed by atoms with van der Waals surface area (Å²) in [7, 11) is -9.06. The Morgan fingerprint density at radius 3 is 1.77 bits per heavy atom. The predicted octanol–water partition coefficient (Wildman–Crippen LogP) is 5.99. The number of halogens is 1. The molecule has 1 amide bonds. The van der Waals surface area contributed by atoms with Gasteiger partial charge >= 0.3 is 6.09 Å². The zero-order valence-corrected chi connectivity index (χ0v) is 23.2. The SMILES string of the molecule is CC(C)(C)N(C(=O)OCC(S(=O)(=O)c1ccccc1)S(=O)(=O)c1ccccc1)c1c(F)ccc2ccccc12. The van der Waals surface area contributed by atoms with Crippen LogP contribution in [0.1, 0.15) is 20.8 Å². The second-order valence-corrected chi connectivity index (χ2v) is 14.4. The molecule has 0 atom stereocenters. The van der Waals surface area contributed by atoms with Crippen molar-refractivity contribution in [2.75, 3.05) is 11.5 Å². The van der Waals surface area contributed by atoms with Crippen LogP contribution in [0.15, 0.2) is 107 Å². The van der Waals surface area contributed by atoms with Crippen molar-refractivity contribution in [3.8, 4) is 0 Å². The van der Waals surface area contributed by atoms with Crippen LogP contribution < -0.4 is 4.90 Å². The van der Waals surface area contributed by atoms with Gasteiger partial charge in [0.15, 0.2) is 19.7 Å². The number of carbonyl (C=O) groups is 1. The molecule has 0 bridgehead atoms. The van der Waals surface area contributed by atoms with Crippen LogP contribution in [-0.4, -0.2) is 39.7 Å². The van der Waals surface area contributed by atoms with Crippen molar-refractivity contribution in [1.29, 1.82) is 0 Å². The number of rotatable bonds is 7. The minimum atomic E-state index is -4.53. The van der Waals surface area contributed by atoms with Crippen molar-refractivity contribution in [3.63, 3.8) is 0 Å². The number of nitrogens with zero attached hydrogens (tertiary/aromatic N) is 1. The molecule has 4 rings (SSSR count). The van der Waals surface area contributed by atoms with E-state index in [4.69, 9.17) is 4.74 Å². The van der Waals surface area contributed by atoms with Crippen LogP contribution in [-0.2, 0) is 24.4 Å². The molecule has 0 unspecified atom stereocenters. The Labute approximate surface area is 227 Å². The fourth-order valence-corrected chi connectivity index (χ4v) is 8.41. The predicted molar refractivity (Wildman–Crippen MR) is 149 cm³/mol. The van der Waals surface area contributed by atoms with Crippen molar-refractivity contribution >= 4 is 42.2 Å². The number of hydrogen-bond acceptors (Lipinski definition) is 6. The van der Waals surface area contributed by atoms with Gasteiger partial charge in [-0.1, -0.05) is 66.7 Å². The van der Waals surface area contributed by atoms with Gasteiger partial charge in [0.25, 0.3) is 0 Å². The van der Waals surface area contributed by atoms with E-state index in [2.05, 4.69) is 0 Å². The van der Waals surface area contributed by atoms with E-state index >= 15 is 4.39 Å². The number of hydrogen-bond donors (Lipinski definition) is 0. The van der Waals surface area contributed by atoms with Gasteiger partial charge in [-0.25, -0.2) is 26.0 Å². The maximum absolute atomic E-state index is 15.2. The first-order valence-corrected chi connectivity index (χ1v) is 15.2. The van der Waals surface area contributed by atoms with Crippen molar-refractivity contribution in [3.05, 3.63) is 103 Å². The largest absolute Gasteiger partial charge is 0.447 e. The van der Waals surface area contributed by atoms with Gasteiger partial charge in [-0.15, -0.1) is 0 Å². The van der Waals surface area contributed by atoms with E-state index in [9.17, 15) is 21.6 Å². The third-order valence-corrected chi connectivity index (χ3v) is 11.1. The topological polar surface area (TPSA) is 97.8 Å². The van der Waals surface area contributed by atoms with Crippen LogP contribution in [0.25, 0.3) is 10.8 Å². The molecule has 0 aromatic heterocycles. The summed E-state index contributed by atoms with van der Waals surface area (Å²) >= 11 is 0. The van der Waals surface area contributed by atoms with Crippen LogP contribution in [0.2, 0.25) is 0 Å². The van der Waals surface area contributed by atoms with Crippen molar-refractivity contribution in [1.82, 2.24) is 0 Å². The maximum atomic E-state index is 15.2. The van der Waals surface area contributed by atoms with Gasteiger partial charge in [0.2, 0.25) is 4.58 Å². The quantitative estimate of drug-likeness (QED) is 0.271. The highest BCUT2D eigenvalue weighted by Gasteiger charge is 2.42. The van der Waals surface area contributed by atoms with Crippen LogP contribution in [0.5, 0.6) is 0 Å². The fraction of sp³-hybridized carbons (Fsp3) is 0.207. The van der Waals surface area contributed by atoms with Gasteiger partial charge in [0, 0.05) is 10.9 Å². The molecule has 0 aliphatic carbocycles. The average Bonchev–Trinajstić information content (AvgIpc) is 2.90. The van der Waals surface area contributed by atoms with Crippen LogP contribution in [0.4, 0.5) is 14.9 Å². The number of anilines is 1. The molecule has 0 saturated carbocycles. The molecule has 0 radical (unpaired) electrons. The molecule has 0 heterocycles. The highest BCUT2D eigenvalue weighted by atomic mass is 32.3. The Balaban J connectivity index is 1.77. The molecule has 7 nitrogen and oxygen atoms in total. The monoisotopic (exact) mass is 569 g/mol. The van der Waals surface area contributed by atoms with E-state index in [1.165, 1.54) is 54.6 Å². The first-order chi connectivity index (χ1) is 18.3. The van der Waals surface area contributed by atoms with Crippen molar-refractivity contribution in [2.24, 2.45) is 0 Å². The first kappa shape index (κ1) is 28.3. The summed E-state index contributed by atoms with van der Waals surface area (Å²) in [6.07, 6.45) is -1.09. The second-order valence-electron chi connectivity index (χ2n) is 9.85. The highest BCUT2D eigenvalue weighted by molar-refractivity contribution is 8.09. The molecule has 0 aliphatic heterocycles. The standard InChI is InChI=1S/C29H28FNO6S2/c1-29(2,3)31(27-24-17-11-10-12-21(24)18-19-25(27)30)28(32)37-20-26(38(33,34)22-13-6-4-7-14-22)39(35,36)23-15-8-5-9-16-23/h4-19,26H,20H2,1-3H3. The molecule has 4 aromatic rings. The number of carbonyl (C=O) groups excluding carboxylic acids is 1. The number of benzene rings is 4. The lowest BCUT2D eigenvalue weighted by Crippen LogP contribution is -2.48. The molecule has 0 fully saturated rings. The number of fused-ring (bicyclic) bond motifs is 1.